The Morgan fingerprint density at radius 2 is 1.10 bits per heavy atom. The molecule has 0 aliphatic heterocycles. The van der Waals surface area contributed by atoms with Gasteiger partial charge in [-0.25, -0.2) is 0 Å². The van der Waals surface area contributed by atoms with Crippen LogP contribution in [-0.2, 0) is 10.6 Å². The van der Waals surface area contributed by atoms with Crippen molar-refractivity contribution in [2.75, 3.05) is 24.6 Å². The third kappa shape index (κ3) is 6.72. The Hall–Kier alpha value is -2.71. The zero-order valence-electron chi connectivity index (χ0n) is 24.7. The molecule has 0 unspecified atom stereocenters. The third-order valence-corrected chi connectivity index (χ3v) is 18.0. The van der Waals surface area contributed by atoms with Crippen LogP contribution in [0.25, 0.3) is 0 Å². The van der Waals surface area contributed by atoms with E-state index < -0.39 is 15.6 Å². The number of anilines is 1. The van der Waals surface area contributed by atoms with Crippen LogP contribution in [-0.4, -0.2) is 28.0 Å². The predicted octanol–water partition coefficient (Wildman–Crippen LogP) is 7.76. The number of rotatable bonds is 11. The van der Waals surface area contributed by atoms with Crippen LogP contribution in [0.2, 0.25) is 18.1 Å². The molecule has 0 N–H and O–H groups in total. The number of hydrogen-bond acceptors (Lipinski definition) is 2. The molecule has 206 valence electrons. The van der Waals surface area contributed by atoms with Gasteiger partial charge < -0.3 is 0 Å². The van der Waals surface area contributed by atoms with Gasteiger partial charge in [-0.1, -0.05) is 0 Å². The first-order chi connectivity index (χ1) is 18.7. The quantitative estimate of drug-likeness (QED) is 0.139. The summed E-state index contributed by atoms with van der Waals surface area (Å²) in [4.78, 5) is 2.44. The molecule has 39 heavy (non-hydrogen) atoms. The number of likely N-dealkylation sites (N-methyl/N-ethyl adjacent to an activating group) is 1. The molecule has 2 nitrogen and oxygen atoms in total. The van der Waals surface area contributed by atoms with E-state index in [-0.39, 0.29) is 5.04 Å². The monoisotopic (exact) mass is 555 g/mol. The van der Waals surface area contributed by atoms with Crippen LogP contribution in [0.4, 0.5) is 5.69 Å². The topological polar surface area (TPSA) is 12.5 Å². The fourth-order valence-electron chi connectivity index (χ4n) is 5.20. The molecule has 0 saturated heterocycles. The molecule has 0 radical (unpaired) electrons. The first kappa shape index (κ1) is 29.3. The summed E-state index contributed by atoms with van der Waals surface area (Å²) < 4.78 is 6.49. The average Bonchev–Trinajstić information content (AvgIpc) is 2.95. The first-order valence-corrected chi connectivity index (χ1v) is 19.4. The van der Waals surface area contributed by atoms with Gasteiger partial charge in [-0.15, -0.1) is 0 Å². The maximum atomic E-state index is 6.49. The van der Waals surface area contributed by atoms with Gasteiger partial charge in [-0.3, -0.25) is 0 Å². The zero-order chi connectivity index (χ0) is 27.9. The van der Waals surface area contributed by atoms with Gasteiger partial charge in [0.25, 0.3) is 0 Å². The van der Waals surface area contributed by atoms with Gasteiger partial charge in [0, 0.05) is 0 Å². The van der Waals surface area contributed by atoms with E-state index in [0.717, 1.165) is 25.9 Å². The molecule has 4 aromatic rings. The summed E-state index contributed by atoms with van der Waals surface area (Å²) in [6.45, 7) is 16.5. The second-order valence-electron chi connectivity index (χ2n) is 12.0. The molecular weight excluding hydrogens is 509 g/mol. The van der Waals surface area contributed by atoms with E-state index in [1.807, 2.05) is 0 Å². The van der Waals surface area contributed by atoms with Crippen LogP contribution in [0.5, 0.6) is 0 Å². The zero-order valence-corrected chi connectivity index (χ0v) is 26.7. The summed E-state index contributed by atoms with van der Waals surface area (Å²) in [6, 6.07) is 42.9. The molecule has 0 aliphatic rings. The van der Waals surface area contributed by atoms with Crippen molar-refractivity contribution >= 4 is 37.2 Å². The summed E-state index contributed by atoms with van der Waals surface area (Å²) in [5.41, 5.74) is 2.65. The molecule has 0 atom stereocenters. The molecule has 4 aromatic carbocycles. The summed E-state index contributed by atoms with van der Waals surface area (Å²) in [5, 5.41) is 4.58. The molecule has 0 fully saturated rings. The maximum absolute atomic E-state index is 6.49. The number of benzene rings is 4. The average molecular weight is 556 g/mol. The Balaban J connectivity index is 1.63. The third-order valence-electron chi connectivity index (χ3n) is 8.58. The van der Waals surface area contributed by atoms with Crippen LogP contribution in [0.1, 0.15) is 33.3 Å². The van der Waals surface area contributed by atoms with Crippen molar-refractivity contribution in [2.24, 2.45) is 0 Å². The Bertz CT molecular complexity index is 1190. The second kappa shape index (κ2) is 12.6. The summed E-state index contributed by atoms with van der Waals surface area (Å²) in [6.07, 6.45) is 1.02. The number of nitrogens with zero attached hydrogens (tertiary/aromatic N) is 1. The van der Waals surface area contributed by atoms with Crippen molar-refractivity contribution in [1.29, 1.82) is 0 Å². The van der Waals surface area contributed by atoms with Gasteiger partial charge in [0.05, 0.1) is 0 Å². The van der Waals surface area contributed by atoms with E-state index in [9.17, 15) is 0 Å². The first-order valence-electron chi connectivity index (χ1n) is 14.3. The van der Waals surface area contributed by atoms with E-state index in [0.29, 0.717) is 0 Å². The summed E-state index contributed by atoms with van der Waals surface area (Å²) in [7, 11) is -4.05. The van der Waals surface area contributed by atoms with Gasteiger partial charge in [0.15, 0.2) is 0 Å². The van der Waals surface area contributed by atoms with Crippen molar-refractivity contribution in [1.82, 2.24) is 0 Å². The Kier molecular flexibility index (Phi) is 9.49. The van der Waals surface area contributed by atoms with Gasteiger partial charge in [0.1, 0.15) is 0 Å². The van der Waals surface area contributed by atoms with E-state index in [1.54, 1.807) is 0 Å². The molecule has 0 saturated carbocycles. The summed E-state index contributed by atoms with van der Waals surface area (Å²) >= 11 is 0. The van der Waals surface area contributed by atoms with Crippen molar-refractivity contribution in [3.05, 3.63) is 121 Å². The van der Waals surface area contributed by atoms with Gasteiger partial charge in [-0.2, -0.15) is 0 Å². The normalized spacial score (nSPS) is 12.8. The molecule has 0 heterocycles. The fourth-order valence-corrected chi connectivity index (χ4v) is 11.0. The van der Waals surface area contributed by atoms with Gasteiger partial charge >= 0.3 is 239 Å². The molecule has 0 aliphatic carbocycles. The van der Waals surface area contributed by atoms with Crippen molar-refractivity contribution in [3.63, 3.8) is 0 Å². The number of hydrogen-bond donors (Lipinski definition) is 0. The van der Waals surface area contributed by atoms with E-state index in [1.165, 1.54) is 27.2 Å². The van der Waals surface area contributed by atoms with Crippen molar-refractivity contribution < 1.29 is 4.43 Å². The summed E-state index contributed by atoms with van der Waals surface area (Å²) in [5.74, 6) is 0. The van der Waals surface area contributed by atoms with Crippen molar-refractivity contribution in [2.45, 2.75) is 52.0 Å². The minimum atomic E-state index is -2.31. The molecule has 4 heteroatoms. The fraction of sp³-hybridized carbons (Fsp3) is 0.314. The molecule has 0 amide bonds. The molecule has 0 bridgehead atoms. The standard InChI is InChI=1S/C35H46NOPSi/c1-7-36(27-28-37-39(5,6)35(2,3)4)31-25-23-30(24-26-31)29-38(32-17-11-8-12-18-32,33-19-13-9-14-20-33)34-21-15-10-16-22-34/h8-26,38H,7,27-29H2,1-6H3. The van der Waals surface area contributed by atoms with Crippen LogP contribution in [0.3, 0.4) is 0 Å². The van der Waals surface area contributed by atoms with Gasteiger partial charge in [0.2, 0.25) is 0 Å². The Labute approximate surface area is 238 Å². The van der Waals surface area contributed by atoms with Crippen LogP contribution in [0.15, 0.2) is 115 Å². The minimum absolute atomic E-state index is 0.234. The second-order valence-corrected chi connectivity index (χ2v) is 20.7. The Morgan fingerprint density at radius 3 is 1.49 bits per heavy atom. The van der Waals surface area contributed by atoms with Crippen molar-refractivity contribution in [3.8, 4) is 0 Å². The molecule has 0 aromatic heterocycles. The molecular formula is C35H46NOPSi. The van der Waals surface area contributed by atoms with Gasteiger partial charge in [-0.05, 0) is 0 Å². The SMILES string of the molecule is CCN(CCO[Si](C)(C)C(C)(C)C)c1ccc(C[PH](c2ccccc2)(c2ccccc2)c2ccccc2)cc1. The van der Waals surface area contributed by atoms with Crippen LogP contribution < -0.4 is 20.8 Å². The van der Waals surface area contributed by atoms with E-state index in [2.05, 4.69) is 161 Å². The molecule has 4 rings (SSSR count). The molecule has 0 spiro atoms. The van der Waals surface area contributed by atoms with E-state index >= 15 is 0 Å². The van der Waals surface area contributed by atoms with Crippen LogP contribution >= 0.6 is 7.26 Å². The van der Waals surface area contributed by atoms with E-state index in [4.69, 9.17) is 4.43 Å². The Morgan fingerprint density at radius 1 is 0.667 bits per heavy atom. The van der Waals surface area contributed by atoms with Crippen LogP contribution in [0, 0.1) is 0 Å². The predicted molar refractivity (Wildman–Crippen MR) is 178 cm³/mol.